The van der Waals surface area contributed by atoms with Crippen LogP contribution in [0.5, 0.6) is 5.75 Å². The van der Waals surface area contributed by atoms with Crippen molar-refractivity contribution in [2.24, 2.45) is 0 Å². The van der Waals surface area contributed by atoms with Crippen LogP contribution in [-0.4, -0.2) is 38.6 Å². The van der Waals surface area contributed by atoms with E-state index in [1.54, 1.807) is 25.1 Å². The fraction of sp³-hybridized carbons (Fsp3) is 0.320. The third-order valence-corrected chi connectivity index (χ3v) is 6.20. The predicted molar refractivity (Wildman–Crippen MR) is 126 cm³/mol. The van der Waals surface area contributed by atoms with Gasteiger partial charge in [-0.3, -0.25) is 9.59 Å². The van der Waals surface area contributed by atoms with Crippen LogP contribution in [0, 0.1) is 6.92 Å². The second-order valence-electron chi connectivity index (χ2n) is 7.98. The first-order chi connectivity index (χ1) is 15.9. The van der Waals surface area contributed by atoms with Gasteiger partial charge < -0.3 is 18.8 Å². The maximum Gasteiger partial charge on any atom is 0.340 e. The summed E-state index contributed by atoms with van der Waals surface area (Å²) in [5.74, 6) is -0.498. The maximum atomic E-state index is 12.6. The number of rotatable bonds is 7. The number of hydrogen-bond donors (Lipinski definition) is 0. The van der Waals surface area contributed by atoms with Crippen LogP contribution >= 0.6 is 11.6 Å². The Morgan fingerprint density at radius 3 is 2.48 bits per heavy atom. The predicted octanol–water partition coefficient (Wildman–Crippen LogP) is 4.33. The fourth-order valence-electron chi connectivity index (χ4n) is 3.98. The van der Waals surface area contributed by atoms with Gasteiger partial charge in [0, 0.05) is 35.8 Å². The van der Waals surface area contributed by atoms with Gasteiger partial charge in [-0.1, -0.05) is 11.6 Å². The largest absolute Gasteiger partial charge is 0.484 e. The van der Waals surface area contributed by atoms with E-state index in [4.69, 9.17) is 20.8 Å². The molecule has 0 bridgehead atoms. The zero-order valence-corrected chi connectivity index (χ0v) is 19.2. The molecule has 0 radical (unpaired) electrons. The molecule has 8 heteroatoms. The molecule has 1 aliphatic rings. The van der Waals surface area contributed by atoms with Gasteiger partial charge in [0.25, 0.3) is 0 Å². The number of anilines is 1. The number of nitrogens with zero attached hydrogens (tertiary/aromatic N) is 1. The molecule has 1 saturated heterocycles. The van der Waals surface area contributed by atoms with E-state index in [1.807, 2.05) is 12.1 Å². The van der Waals surface area contributed by atoms with Crippen molar-refractivity contribution in [3.05, 3.63) is 68.5 Å². The van der Waals surface area contributed by atoms with Crippen LogP contribution < -0.4 is 15.3 Å². The quantitative estimate of drug-likeness (QED) is 0.289. The van der Waals surface area contributed by atoms with Gasteiger partial charge in [-0.05, 0) is 55.7 Å². The lowest BCUT2D eigenvalue weighted by Gasteiger charge is -2.17. The van der Waals surface area contributed by atoms with Crippen LogP contribution in [0.25, 0.3) is 11.0 Å². The van der Waals surface area contributed by atoms with Gasteiger partial charge in [0.15, 0.2) is 12.4 Å². The zero-order valence-electron chi connectivity index (χ0n) is 18.5. The van der Waals surface area contributed by atoms with E-state index >= 15 is 0 Å². The summed E-state index contributed by atoms with van der Waals surface area (Å²) in [5.41, 5.74) is 2.07. The molecule has 1 fully saturated rings. The molecule has 0 amide bonds. The summed E-state index contributed by atoms with van der Waals surface area (Å²) in [6.45, 7) is 3.58. The number of ketones is 1. The number of halogens is 1. The van der Waals surface area contributed by atoms with Crippen molar-refractivity contribution in [3.8, 4) is 5.75 Å². The first-order valence-corrected chi connectivity index (χ1v) is 11.1. The Labute approximate surface area is 195 Å². The normalized spacial score (nSPS) is 13.4. The van der Waals surface area contributed by atoms with Gasteiger partial charge in [-0.2, -0.15) is 0 Å². The van der Waals surface area contributed by atoms with Crippen molar-refractivity contribution in [3.63, 3.8) is 0 Å². The average molecular weight is 470 g/mol. The summed E-state index contributed by atoms with van der Waals surface area (Å²) in [6.07, 6.45) is 2.18. The van der Waals surface area contributed by atoms with Crippen LogP contribution in [-0.2, 0) is 16.0 Å². The molecule has 0 unspecified atom stereocenters. The summed E-state index contributed by atoms with van der Waals surface area (Å²) in [7, 11) is 1.25. The van der Waals surface area contributed by atoms with Gasteiger partial charge in [-0.25, -0.2) is 4.79 Å². The molecule has 0 aliphatic carbocycles. The number of aryl methyl sites for hydroxylation is 1. The number of hydrogen-bond acceptors (Lipinski definition) is 7. The smallest absolute Gasteiger partial charge is 0.340 e. The molecule has 1 aromatic heterocycles. The molecule has 0 saturated carbocycles. The number of esters is 1. The average Bonchev–Trinajstić information content (AvgIpc) is 3.36. The van der Waals surface area contributed by atoms with Crippen LogP contribution in [0.1, 0.15) is 34.3 Å². The molecule has 172 valence electrons. The minimum atomic E-state index is -0.632. The van der Waals surface area contributed by atoms with Gasteiger partial charge in [0.1, 0.15) is 11.3 Å². The van der Waals surface area contributed by atoms with E-state index in [-0.39, 0.29) is 40.7 Å². The van der Waals surface area contributed by atoms with Crippen molar-refractivity contribution >= 4 is 40.0 Å². The van der Waals surface area contributed by atoms with Gasteiger partial charge in [0.05, 0.1) is 24.1 Å². The Hall–Kier alpha value is -3.32. The molecule has 33 heavy (non-hydrogen) atoms. The fourth-order valence-corrected chi connectivity index (χ4v) is 4.20. The van der Waals surface area contributed by atoms with Crippen molar-refractivity contribution in [2.45, 2.75) is 26.2 Å². The molecule has 0 atom stereocenters. The molecule has 0 N–H and O–H groups in total. The van der Waals surface area contributed by atoms with E-state index in [0.29, 0.717) is 16.5 Å². The van der Waals surface area contributed by atoms with Crippen molar-refractivity contribution in [2.75, 3.05) is 31.7 Å². The number of carbonyl (C=O) groups is 2. The lowest BCUT2D eigenvalue weighted by atomic mass is 10.0. The standard InChI is InChI=1S/C25H24ClNO6/c1-15-18-11-20(26)23(13-22(18)33-25(30)19(15)12-24(29)31-2)32-14-21(28)16-5-7-17(8-6-16)27-9-3-4-10-27/h5-8,11,13H,3-4,9-10,12,14H2,1-2H3. The van der Waals surface area contributed by atoms with Crippen molar-refractivity contribution in [1.29, 1.82) is 0 Å². The van der Waals surface area contributed by atoms with Crippen LogP contribution in [0.15, 0.2) is 45.6 Å². The number of ether oxygens (including phenoxy) is 2. The summed E-state index contributed by atoms with van der Waals surface area (Å²) in [6, 6.07) is 10.6. The van der Waals surface area contributed by atoms with Crippen molar-refractivity contribution < 1.29 is 23.5 Å². The third-order valence-electron chi connectivity index (χ3n) is 5.91. The van der Waals surface area contributed by atoms with E-state index in [2.05, 4.69) is 9.64 Å². The van der Waals surface area contributed by atoms with Gasteiger partial charge in [0.2, 0.25) is 0 Å². The van der Waals surface area contributed by atoms with Crippen LogP contribution in [0.2, 0.25) is 5.02 Å². The molecule has 7 nitrogen and oxygen atoms in total. The Kier molecular flexibility index (Phi) is 6.70. The highest BCUT2D eigenvalue weighted by atomic mass is 35.5. The Balaban J connectivity index is 1.51. The minimum absolute atomic E-state index is 0.190. The van der Waals surface area contributed by atoms with E-state index in [1.165, 1.54) is 26.0 Å². The SMILES string of the molecule is COC(=O)Cc1c(C)c2cc(Cl)c(OCC(=O)c3ccc(N4CCCC4)cc3)cc2oc1=O. The molecule has 4 rings (SSSR count). The van der Waals surface area contributed by atoms with Crippen molar-refractivity contribution in [1.82, 2.24) is 0 Å². The second-order valence-corrected chi connectivity index (χ2v) is 8.38. The number of methoxy groups -OCH3 is 1. The summed E-state index contributed by atoms with van der Waals surface area (Å²) in [5, 5.41) is 0.843. The van der Waals surface area contributed by atoms with E-state index in [9.17, 15) is 14.4 Å². The molecule has 2 heterocycles. The molecule has 2 aromatic carbocycles. The highest BCUT2D eigenvalue weighted by Crippen LogP contribution is 2.32. The van der Waals surface area contributed by atoms with Crippen LogP contribution in [0.3, 0.4) is 0 Å². The molecular weight excluding hydrogens is 446 g/mol. The monoisotopic (exact) mass is 469 g/mol. The zero-order chi connectivity index (χ0) is 23.5. The van der Waals surface area contributed by atoms with E-state index < -0.39 is 11.6 Å². The first kappa shape index (κ1) is 22.9. The topological polar surface area (TPSA) is 86.1 Å². The van der Waals surface area contributed by atoms with E-state index in [0.717, 1.165) is 18.8 Å². The lowest BCUT2D eigenvalue weighted by molar-refractivity contribution is -0.139. The number of fused-ring (bicyclic) bond motifs is 1. The molecule has 3 aromatic rings. The Morgan fingerprint density at radius 2 is 1.82 bits per heavy atom. The van der Waals surface area contributed by atoms with Crippen LogP contribution in [0.4, 0.5) is 5.69 Å². The summed E-state index contributed by atoms with van der Waals surface area (Å²) < 4.78 is 15.7. The molecule has 1 aliphatic heterocycles. The molecular formula is C25H24ClNO6. The molecule has 0 spiro atoms. The first-order valence-electron chi connectivity index (χ1n) is 10.7. The summed E-state index contributed by atoms with van der Waals surface area (Å²) in [4.78, 5) is 38.9. The second kappa shape index (κ2) is 9.67. The Bertz CT molecular complexity index is 1260. The summed E-state index contributed by atoms with van der Waals surface area (Å²) >= 11 is 6.37. The maximum absolute atomic E-state index is 12.6. The number of benzene rings is 2. The minimum Gasteiger partial charge on any atom is -0.484 e. The Morgan fingerprint density at radius 1 is 1.12 bits per heavy atom. The lowest BCUT2D eigenvalue weighted by Crippen LogP contribution is -2.18. The third kappa shape index (κ3) is 4.88. The van der Waals surface area contributed by atoms with Gasteiger partial charge in [-0.15, -0.1) is 0 Å². The number of Topliss-reactive ketones (excluding diaryl/α,β-unsaturated/α-hetero) is 1. The highest BCUT2D eigenvalue weighted by molar-refractivity contribution is 6.32. The number of carbonyl (C=O) groups excluding carboxylic acids is 2. The highest BCUT2D eigenvalue weighted by Gasteiger charge is 2.18. The van der Waals surface area contributed by atoms with Gasteiger partial charge >= 0.3 is 11.6 Å².